The molecule has 90 valence electrons. The van der Waals surface area contributed by atoms with Crippen LogP contribution in [-0.2, 0) is 4.79 Å². The van der Waals surface area contributed by atoms with Gasteiger partial charge in [0.2, 0.25) is 5.91 Å². The minimum atomic E-state index is -0.221. The van der Waals surface area contributed by atoms with Crippen molar-refractivity contribution in [1.29, 1.82) is 0 Å². The predicted molar refractivity (Wildman–Crippen MR) is 72.7 cm³/mol. The number of anilines is 2. The summed E-state index contributed by atoms with van der Waals surface area (Å²) in [6.07, 6.45) is 2.45. The molecule has 1 saturated carbocycles. The van der Waals surface area contributed by atoms with Crippen LogP contribution in [0.3, 0.4) is 0 Å². The SMILES string of the molecule is O=C1CN(CC2CC2)c2cc(F)c(I)cc2N1. The number of benzene rings is 1. The smallest absolute Gasteiger partial charge is 0.243 e. The Labute approximate surface area is 113 Å². The number of hydrogen-bond donors (Lipinski definition) is 1. The molecule has 0 unspecified atom stereocenters. The molecule has 3 rings (SSSR count). The lowest BCUT2D eigenvalue weighted by molar-refractivity contribution is -0.115. The lowest BCUT2D eigenvalue weighted by atomic mass is 10.1. The molecule has 1 aliphatic heterocycles. The molecule has 0 saturated heterocycles. The van der Waals surface area contributed by atoms with Gasteiger partial charge in [0.05, 0.1) is 21.5 Å². The lowest BCUT2D eigenvalue weighted by Crippen LogP contribution is -2.39. The van der Waals surface area contributed by atoms with E-state index in [1.165, 1.54) is 18.9 Å². The fourth-order valence-corrected chi connectivity index (χ4v) is 2.59. The van der Waals surface area contributed by atoms with E-state index in [-0.39, 0.29) is 11.7 Å². The van der Waals surface area contributed by atoms with Crippen LogP contribution < -0.4 is 10.2 Å². The minimum Gasteiger partial charge on any atom is -0.360 e. The molecule has 17 heavy (non-hydrogen) atoms. The first kappa shape index (κ1) is 11.3. The standard InChI is InChI=1S/C12H12FIN2O/c13-8-3-11-10(4-9(8)14)15-12(17)6-16(11)5-7-1-2-7/h3-4,7H,1-2,5-6H2,(H,15,17). The van der Waals surface area contributed by atoms with Crippen molar-refractivity contribution in [3.63, 3.8) is 0 Å². The summed E-state index contributed by atoms with van der Waals surface area (Å²) in [4.78, 5) is 13.6. The fraction of sp³-hybridized carbons (Fsp3) is 0.417. The van der Waals surface area contributed by atoms with E-state index in [9.17, 15) is 9.18 Å². The first-order valence-electron chi connectivity index (χ1n) is 5.67. The van der Waals surface area contributed by atoms with E-state index in [0.29, 0.717) is 16.0 Å². The summed E-state index contributed by atoms with van der Waals surface area (Å²) < 4.78 is 14.1. The normalized spacial score (nSPS) is 18.9. The molecule has 3 nitrogen and oxygen atoms in total. The summed E-state index contributed by atoms with van der Waals surface area (Å²) in [6.45, 7) is 1.20. The van der Waals surface area contributed by atoms with Gasteiger partial charge in [-0.1, -0.05) is 0 Å². The maximum atomic E-state index is 13.6. The Bertz CT molecular complexity index is 488. The highest BCUT2D eigenvalue weighted by Gasteiger charge is 2.29. The number of nitrogens with zero attached hydrogens (tertiary/aromatic N) is 1. The van der Waals surface area contributed by atoms with E-state index in [2.05, 4.69) is 5.32 Å². The largest absolute Gasteiger partial charge is 0.360 e. The Morgan fingerprint density at radius 3 is 2.94 bits per heavy atom. The number of carbonyl (C=O) groups excluding carboxylic acids is 1. The molecule has 0 radical (unpaired) electrons. The highest BCUT2D eigenvalue weighted by molar-refractivity contribution is 14.1. The molecule has 0 aromatic heterocycles. The third kappa shape index (κ3) is 2.25. The average molecular weight is 346 g/mol. The van der Waals surface area contributed by atoms with E-state index in [1.807, 2.05) is 27.5 Å². The van der Waals surface area contributed by atoms with Gasteiger partial charge in [-0.15, -0.1) is 0 Å². The summed E-state index contributed by atoms with van der Waals surface area (Å²) >= 11 is 1.94. The molecule has 1 amide bonds. The van der Waals surface area contributed by atoms with E-state index in [0.717, 1.165) is 17.9 Å². The van der Waals surface area contributed by atoms with Gasteiger partial charge in [0.15, 0.2) is 0 Å². The Hall–Kier alpha value is -0.850. The van der Waals surface area contributed by atoms with Crippen molar-refractivity contribution in [2.24, 2.45) is 5.92 Å². The van der Waals surface area contributed by atoms with Gasteiger partial charge in [0.1, 0.15) is 5.82 Å². The van der Waals surface area contributed by atoms with Gasteiger partial charge in [0.25, 0.3) is 0 Å². The monoisotopic (exact) mass is 346 g/mol. The summed E-state index contributed by atoms with van der Waals surface area (Å²) in [5.74, 6) is 0.443. The van der Waals surface area contributed by atoms with Gasteiger partial charge >= 0.3 is 0 Å². The number of rotatable bonds is 2. The lowest BCUT2D eigenvalue weighted by Gasteiger charge is -2.31. The molecule has 1 aromatic rings. The maximum absolute atomic E-state index is 13.6. The predicted octanol–water partition coefficient (Wildman–Crippen LogP) is 2.60. The van der Waals surface area contributed by atoms with Crippen LogP contribution in [-0.4, -0.2) is 19.0 Å². The Morgan fingerprint density at radius 2 is 2.24 bits per heavy atom. The average Bonchev–Trinajstić information content (AvgIpc) is 3.05. The van der Waals surface area contributed by atoms with Crippen molar-refractivity contribution in [2.75, 3.05) is 23.3 Å². The molecule has 1 heterocycles. The van der Waals surface area contributed by atoms with Gasteiger partial charge in [-0.25, -0.2) is 4.39 Å². The molecule has 5 heteroatoms. The van der Waals surface area contributed by atoms with Crippen LogP contribution in [0.5, 0.6) is 0 Å². The van der Waals surface area contributed by atoms with Gasteiger partial charge in [-0.3, -0.25) is 4.79 Å². The van der Waals surface area contributed by atoms with E-state index in [4.69, 9.17) is 0 Å². The fourth-order valence-electron chi connectivity index (χ4n) is 2.12. The number of hydrogen-bond acceptors (Lipinski definition) is 2. The highest BCUT2D eigenvalue weighted by atomic mass is 127. The molecule has 1 fully saturated rings. The van der Waals surface area contributed by atoms with Gasteiger partial charge < -0.3 is 10.2 Å². The Balaban J connectivity index is 1.98. The molecule has 1 aromatic carbocycles. The van der Waals surface area contributed by atoms with Gasteiger partial charge in [0, 0.05) is 12.6 Å². The van der Waals surface area contributed by atoms with E-state index in [1.54, 1.807) is 6.07 Å². The van der Waals surface area contributed by atoms with Crippen LogP contribution in [0, 0.1) is 15.3 Å². The molecule has 0 bridgehead atoms. The molecular formula is C12H12FIN2O. The number of halogens is 2. The van der Waals surface area contributed by atoms with Crippen molar-refractivity contribution in [3.8, 4) is 0 Å². The third-order valence-corrected chi connectivity index (χ3v) is 3.99. The first-order valence-corrected chi connectivity index (χ1v) is 6.75. The number of nitrogens with one attached hydrogen (secondary N) is 1. The quantitative estimate of drug-likeness (QED) is 0.835. The molecule has 2 aliphatic rings. The Morgan fingerprint density at radius 1 is 1.47 bits per heavy atom. The Kier molecular flexibility index (Phi) is 2.72. The van der Waals surface area contributed by atoms with Crippen molar-refractivity contribution < 1.29 is 9.18 Å². The zero-order chi connectivity index (χ0) is 12.0. The first-order chi connectivity index (χ1) is 8.13. The van der Waals surface area contributed by atoms with Crippen LogP contribution in [0.2, 0.25) is 0 Å². The van der Waals surface area contributed by atoms with Crippen molar-refractivity contribution in [1.82, 2.24) is 0 Å². The number of fused-ring (bicyclic) bond motifs is 1. The second-order valence-electron chi connectivity index (χ2n) is 4.66. The number of carbonyl (C=O) groups is 1. The summed E-state index contributed by atoms with van der Waals surface area (Å²) in [5, 5.41) is 2.80. The maximum Gasteiger partial charge on any atom is 0.243 e. The van der Waals surface area contributed by atoms with E-state index < -0.39 is 0 Å². The van der Waals surface area contributed by atoms with Crippen molar-refractivity contribution in [3.05, 3.63) is 21.5 Å². The van der Waals surface area contributed by atoms with Crippen LogP contribution in [0.1, 0.15) is 12.8 Å². The van der Waals surface area contributed by atoms with Crippen molar-refractivity contribution >= 4 is 39.9 Å². The molecule has 1 N–H and O–H groups in total. The summed E-state index contributed by atoms with van der Waals surface area (Å²) in [7, 11) is 0. The third-order valence-electron chi connectivity index (χ3n) is 3.16. The minimum absolute atomic E-state index is 0.0134. The summed E-state index contributed by atoms with van der Waals surface area (Å²) in [5.41, 5.74) is 1.54. The molecule has 0 spiro atoms. The second kappa shape index (κ2) is 4.12. The second-order valence-corrected chi connectivity index (χ2v) is 5.82. The number of amides is 1. The zero-order valence-corrected chi connectivity index (χ0v) is 11.3. The molecular weight excluding hydrogens is 334 g/mol. The van der Waals surface area contributed by atoms with Crippen molar-refractivity contribution in [2.45, 2.75) is 12.8 Å². The van der Waals surface area contributed by atoms with Crippen LogP contribution in [0.25, 0.3) is 0 Å². The molecule has 1 aliphatic carbocycles. The van der Waals surface area contributed by atoms with E-state index >= 15 is 0 Å². The molecule has 0 atom stereocenters. The van der Waals surface area contributed by atoms with Gasteiger partial charge in [-0.05, 0) is 47.4 Å². The summed E-state index contributed by atoms with van der Waals surface area (Å²) in [6, 6.07) is 3.22. The van der Waals surface area contributed by atoms with Gasteiger partial charge in [-0.2, -0.15) is 0 Å². The van der Waals surface area contributed by atoms with Crippen LogP contribution in [0.15, 0.2) is 12.1 Å². The van der Waals surface area contributed by atoms with Crippen LogP contribution >= 0.6 is 22.6 Å². The zero-order valence-electron chi connectivity index (χ0n) is 9.17. The highest BCUT2D eigenvalue weighted by Crippen LogP contribution is 2.36. The topological polar surface area (TPSA) is 32.3 Å². The van der Waals surface area contributed by atoms with Crippen LogP contribution in [0.4, 0.5) is 15.8 Å².